The van der Waals surface area contributed by atoms with E-state index in [-0.39, 0.29) is 11.7 Å². The number of carbonyl (C=O) groups excluding carboxylic acids is 1. The van der Waals surface area contributed by atoms with E-state index in [9.17, 15) is 4.79 Å². The maximum absolute atomic E-state index is 12.2. The number of rotatable bonds is 8. The van der Waals surface area contributed by atoms with E-state index in [0.29, 0.717) is 23.2 Å². The van der Waals surface area contributed by atoms with E-state index in [0.717, 1.165) is 14.5 Å². The lowest BCUT2D eigenvalue weighted by Crippen LogP contribution is -2.14. The Bertz CT molecular complexity index is 920. The molecule has 0 bridgehead atoms. The summed E-state index contributed by atoms with van der Waals surface area (Å²) in [6, 6.07) is 15.2. The van der Waals surface area contributed by atoms with Gasteiger partial charge in [-0.15, -0.1) is 10.2 Å². The van der Waals surface area contributed by atoms with Crippen molar-refractivity contribution in [3.8, 4) is 5.75 Å². The Morgan fingerprint density at radius 1 is 1.22 bits per heavy atom. The maximum Gasteiger partial charge on any atom is 0.234 e. The van der Waals surface area contributed by atoms with Crippen LogP contribution in [0.25, 0.3) is 0 Å². The summed E-state index contributed by atoms with van der Waals surface area (Å²) < 4.78 is 7.22. The molecule has 140 valence electrons. The molecule has 1 aromatic heterocycles. The maximum atomic E-state index is 12.2. The molecule has 27 heavy (non-hydrogen) atoms. The summed E-state index contributed by atoms with van der Waals surface area (Å²) in [5.41, 5.74) is 1.58. The highest BCUT2D eigenvalue weighted by Gasteiger charge is 2.11. The van der Waals surface area contributed by atoms with Crippen molar-refractivity contribution in [3.05, 3.63) is 53.0 Å². The standard InChI is InChI=1S/C18H17BrN4O2S2/c1-2-25-15-9-4-3-8-14(15)21-16(24)11-26-18-23-22-17(27-18)20-13-7-5-6-12(19)10-13/h3-10H,2,11H2,1H3,(H,20,22)(H,21,24). The molecular weight excluding hydrogens is 448 g/mol. The fourth-order valence-corrected chi connectivity index (χ4v) is 4.14. The Balaban J connectivity index is 1.53. The zero-order valence-electron chi connectivity index (χ0n) is 14.4. The van der Waals surface area contributed by atoms with Gasteiger partial charge < -0.3 is 15.4 Å². The van der Waals surface area contributed by atoms with Crippen molar-refractivity contribution >= 4 is 61.4 Å². The third-order valence-corrected chi connectivity index (χ3v) is 5.74. The number of anilines is 3. The smallest absolute Gasteiger partial charge is 0.234 e. The lowest BCUT2D eigenvalue weighted by Gasteiger charge is -2.10. The third kappa shape index (κ3) is 5.95. The highest BCUT2D eigenvalue weighted by Crippen LogP contribution is 2.29. The fraction of sp³-hybridized carbons (Fsp3) is 0.167. The number of hydrogen-bond acceptors (Lipinski definition) is 7. The Morgan fingerprint density at radius 3 is 2.89 bits per heavy atom. The topological polar surface area (TPSA) is 76.1 Å². The molecule has 0 atom stereocenters. The van der Waals surface area contributed by atoms with Crippen molar-refractivity contribution in [1.29, 1.82) is 0 Å². The molecule has 2 N–H and O–H groups in total. The summed E-state index contributed by atoms with van der Waals surface area (Å²) in [6.07, 6.45) is 0. The van der Waals surface area contributed by atoms with Gasteiger partial charge in [0.2, 0.25) is 11.0 Å². The average molecular weight is 465 g/mol. The molecule has 0 aliphatic carbocycles. The van der Waals surface area contributed by atoms with E-state index >= 15 is 0 Å². The quantitative estimate of drug-likeness (QED) is 0.447. The van der Waals surface area contributed by atoms with Crippen molar-refractivity contribution in [3.63, 3.8) is 0 Å². The predicted octanol–water partition coefficient (Wildman–Crippen LogP) is 5.17. The van der Waals surface area contributed by atoms with Crippen LogP contribution < -0.4 is 15.4 Å². The monoisotopic (exact) mass is 464 g/mol. The average Bonchev–Trinajstić information content (AvgIpc) is 3.09. The Kier molecular flexibility index (Phi) is 7.08. The number of hydrogen-bond donors (Lipinski definition) is 2. The number of nitrogens with one attached hydrogen (secondary N) is 2. The summed E-state index contributed by atoms with van der Waals surface area (Å²) in [5.74, 6) is 0.782. The van der Waals surface area contributed by atoms with Gasteiger partial charge in [-0.25, -0.2) is 0 Å². The Morgan fingerprint density at radius 2 is 2.07 bits per heavy atom. The van der Waals surface area contributed by atoms with Crippen LogP contribution in [-0.4, -0.2) is 28.5 Å². The van der Waals surface area contributed by atoms with E-state index in [2.05, 4.69) is 36.8 Å². The minimum atomic E-state index is -0.121. The van der Waals surface area contributed by atoms with Crippen LogP contribution in [0.15, 0.2) is 57.3 Å². The predicted molar refractivity (Wildman–Crippen MR) is 114 cm³/mol. The number of ether oxygens (including phenoxy) is 1. The molecule has 9 heteroatoms. The van der Waals surface area contributed by atoms with E-state index in [4.69, 9.17) is 4.74 Å². The van der Waals surface area contributed by atoms with E-state index in [1.54, 1.807) is 0 Å². The molecule has 0 unspecified atom stereocenters. The number of para-hydroxylation sites is 2. The molecule has 0 radical (unpaired) electrons. The van der Waals surface area contributed by atoms with Gasteiger partial charge in [0.05, 0.1) is 18.0 Å². The van der Waals surface area contributed by atoms with Crippen LogP contribution in [-0.2, 0) is 4.79 Å². The van der Waals surface area contributed by atoms with Crippen LogP contribution in [0.1, 0.15) is 6.92 Å². The second-order valence-electron chi connectivity index (χ2n) is 5.27. The summed E-state index contributed by atoms with van der Waals surface area (Å²) >= 11 is 6.18. The molecule has 3 rings (SSSR count). The number of nitrogens with zero attached hydrogens (tertiary/aromatic N) is 2. The largest absolute Gasteiger partial charge is 0.492 e. The summed E-state index contributed by atoms with van der Waals surface area (Å²) in [7, 11) is 0. The first-order valence-corrected chi connectivity index (χ1v) is 10.7. The Hall–Kier alpha value is -2.10. The van der Waals surface area contributed by atoms with Gasteiger partial charge in [-0.3, -0.25) is 4.79 Å². The zero-order chi connectivity index (χ0) is 19.1. The van der Waals surface area contributed by atoms with E-state index in [1.165, 1.54) is 23.1 Å². The summed E-state index contributed by atoms with van der Waals surface area (Å²) in [4.78, 5) is 12.2. The molecule has 2 aromatic carbocycles. The van der Waals surface area contributed by atoms with Gasteiger partial charge >= 0.3 is 0 Å². The van der Waals surface area contributed by atoms with Gasteiger partial charge in [-0.05, 0) is 37.3 Å². The highest BCUT2D eigenvalue weighted by atomic mass is 79.9. The second kappa shape index (κ2) is 9.72. The van der Waals surface area contributed by atoms with Crippen LogP contribution in [0.2, 0.25) is 0 Å². The summed E-state index contributed by atoms with van der Waals surface area (Å²) in [5, 5.41) is 15.0. The number of halogens is 1. The zero-order valence-corrected chi connectivity index (χ0v) is 17.7. The number of benzene rings is 2. The molecule has 0 aliphatic heterocycles. The van der Waals surface area contributed by atoms with Gasteiger partial charge in [0, 0.05) is 10.2 Å². The van der Waals surface area contributed by atoms with Crippen LogP contribution >= 0.6 is 39.0 Å². The van der Waals surface area contributed by atoms with Gasteiger partial charge in [0.25, 0.3) is 0 Å². The number of carbonyl (C=O) groups is 1. The fourth-order valence-electron chi connectivity index (χ4n) is 2.17. The molecule has 1 heterocycles. The van der Waals surface area contributed by atoms with Gasteiger partial charge in [0.1, 0.15) is 5.75 Å². The van der Waals surface area contributed by atoms with E-state index in [1.807, 2.05) is 55.5 Å². The number of amides is 1. The third-order valence-electron chi connectivity index (χ3n) is 3.27. The van der Waals surface area contributed by atoms with Crippen LogP contribution in [0.4, 0.5) is 16.5 Å². The first-order valence-electron chi connectivity index (χ1n) is 8.14. The van der Waals surface area contributed by atoms with Crippen molar-refractivity contribution in [2.24, 2.45) is 0 Å². The first-order chi connectivity index (χ1) is 13.1. The van der Waals surface area contributed by atoms with Crippen molar-refractivity contribution in [2.45, 2.75) is 11.3 Å². The van der Waals surface area contributed by atoms with Crippen LogP contribution in [0, 0.1) is 0 Å². The lowest BCUT2D eigenvalue weighted by atomic mass is 10.3. The number of aromatic nitrogens is 2. The van der Waals surface area contributed by atoms with E-state index < -0.39 is 0 Å². The molecular formula is C18H17BrN4O2S2. The van der Waals surface area contributed by atoms with Crippen molar-refractivity contribution in [2.75, 3.05) is 23.0 Å². The van der Waals surface area contributed by atoms with Gasteiger partial charge in [-0.1, -0.05) is 57.2 Å². The van der Waals surface area contributed by atoms with Crippen LogP contribution in [0.3, 0.4) is 0 Å². The highest BCUT2D eigenvalue weighted by molar-refractivity contribution is 9.10. The van der Waals surface area contributed by atoms with Crippen molar-refractivity contribution < 1.29 is 9.53 Å². The lowest BCUT2D eigenvalue weighted by molar-refractivity contribution is -0.113. The normalized spacial score (nSPS) is 10.4. The Labute approximate surface area is 173 Å². The molecule has 0 fully saturated rings. The molecule has 3 aromatic rings. The van der Waals surface area contributed by atoms with Gasteiger partial charge in [-0.2, -0.15) is 0 Å². The number of thioether (sulfide) groups is 1. The molecule has 6 nitrogen and oxygen atoms in total. The van der Waals surface area contributed by atoms with Crippen LogP contribution in [0.5, 0.6) is 5.75 Å². The molecule has 0 spiro atoms. The first kappa shape index (κ1) is 19.7. The second-order valence-corrected chi connectivity index (χ2v) is 8.39. The molecule has 0 aliphatic rings. The van der Waals surface area contributed by atoms with Crippen molar-refractivity contribution in [1.82, 2.24) is 10.2 Å². The summed E-state index contributed by atoms with van der Waals surface area (Å²) in [6.45, 7) is 2.45. The minimum absolute atomic E-state index is 0.121. The minimum Gasteiger partial charge on any atom is -0.492 e. The molecule has 1 amide bonds. The van der Waals surface area contributed by atoms with Gasteiger partial charge in [0.15, 0.2) is 4.34 Å². The SMILES string of the molecule is CCOc1ccccc1NC(=O)CSc1nnc(Nc2cccc(Br)c2)s1. The molecule has 0 saturated carbocycles. The molecule has 0 saturated heterocycles.